The maximum Gasteiger partial charge on any atom is 0.261 e. The molecule has 1 aliphatic heterocycles. The summed E-state index contributed by atoms with van der Waals surface area (Å²) < 4.78 is 5.99. The Bertz CT molecular complexity index is 797. The van der Waals surface area contributed by atoms with E-state index in [0.29, 0.717) is 13.0 Å². The van der Waals surface area contributed by atoms with Crippen molar-refractivity contribution in [3.8, 4) is 5.75 Å². The lowest BCUT2D eigenvalue weighted by molar-refractivity contribution is -0.128. The Morgan fingerprint density at radius 2 is 1.86 bits per heavy atom. The van der Waals surface area contributed by atoms with Crippen LogP contribution in [0.1, 0.15) is 48.4 Å². The van der Waals surface area contributed by atoms with Crippen molar-refractivity contribution >= 4 is 5.91 Å². The molecule has 1 fully saturated rings. The molecule has 2 aromatic carbocycles. The molecule has 28 heavy (non-hydrogen) atoms. The Morgan fingerprint density at radius 1 is 1.11 bits per heavy atom. The maximum absolute atomic E-state index is 12.6. The fraction of sp³-hybridized carbons (Fsp3) is 0.458. The monoisotopic (exact) mass is 380 g/mol. The zero-order chi connectivity index (χ0) is 19.9. The number of ether oxygens (including phenoxy) is 1. The van der Waals surface area contributed by atoms with Crippen LogP contribution in [0.15, 0.2) is 42.5 Å². The van der Waals surface area contributed by atoms with Crippen LogP contribution in [-0.2, 0) is 17.9 Å². The van der Waals surface area contributed by atoms with Gasteiger partial charge in [-0.15, -0.1) is 0 Å². The second-order valence-electron chi connectivity index (χ2n) is 7.80. The molecule has 0 saturated carbocycles. The zero-order valence-corrected chi connectivity index (χ0v) is 17.3. The Kier molecular flexibility index (Phi) is 7.10. The number of benzene rings is 2. The van der Waals surface area contributed by atoms with Crippen LogP contribution >= 0.6 is 0 Å². The van der Waals surface area contributed by atoms with Gasteiger partial charge in [-0.2, -0.15) is 0 Å². The molecule has 1 amide bonds. The summed E-state index contributed by atoms with van der Waals surface area (Å²) in [6, 6.07) is 14.6. The summed E-state index contributed by atoms with van der Waals surface area (Å²) in [5, 5.41) is 3.04. The van der Waals surface area contributed by atoms with Crippen molar-refractivity contribution < 1.29 is 9.53 Å². The van der Waals surface area contributed by atoms with Gasteiger partial charge < -0.3 is 10.1 Å². The standard InChI is InChI=1S/C24H32N2O2/c1-4-22(28-23-11-10-18(2)14-19(23)3)24(27)25-16-20-8-7-9-21(15-20)17-26-12-5-6-13-26/h7-11,14-15,22H,4-6,12-13,16-17H2,1-3H3,(H,25,27). The minimum Gasteiger partial charge on any atom is -0.480 e. The van der Waals surface area contributed by atoms with Crippen molar-refractivity contribution in [3.63, 3.8) is 0 Å². The highest BCUT2D eigenvalue weighted by Crippen LogP contribution is 2.21. The molecule has 1 saturated heterocycles. The van der Waals surface area contributed by atoms with Gasteiger partial charge in [0.25, 0.3) is 5.91 Å². The highest BCUT2D eigenvalue weighted by atomic mass is 16.5. The lowest BCUT2D eigenvalue weighted by atomic mass is 10.1. The van der Waals surface area contributed by atoms with Crippen molar-refractivity contribution in [2.24, 2.45) is 0 Å². The van der Waals surface area contributed by atoms with Gasteiger partial charge in [-0.1, -0.05) is 48.9 Å². The predicted octanol–water partition coefficient (Wildman–Crippen LogP) is 4.37. The van der Waals surface area contributed by atoms with E-state index in [1.165, 1.54) is 37.1 Å². The van der Waals surface area contributed by atoms with Crippen LogP contribution < -0.4 is 10.1 Å². The molecule has 3 rings (SSSR count). The lowest BCUT2D eigenvalue weighted by Gasteiger charge is -2.19. The Labute approximate surface area is 168 Å². The largest absolute Gasteiger partial charge is 0.480 e. The number of likely N-dealkylation sites (tertiary alicyclic amines) is 1. The molecule has 0 aliphatic carbocycles. The molecule has 2 aromatic rings. The second-order valence-corrected chi connectivity index (χ2v) is 7.80. The van der Waals surface area contributed by atoms with Crippen molar-refractivity contribution in [3.05, 3.63) is 64.7 Å². The molecule has 4 heteroatoms. The number of carbonyl (C=O) groups is 1. The third-order valence-electron chi connectivity index (χ3n) is 5.33. The molecular weight excluding hydrogens is 348 g/mol. The molecular formula is C24H32N2O2. The van der Waals surface area contributed by atoms with Gasteiger partial charge in [0.15, 0.2) is 6.10 Å². The molecule has 1 heterocycles. The summed E-state index contributed by atoms with van der Waals surface area (Å²) in [4.78, 5) is 15.1. The minimum atomic E-state index is -0.478. The second kappa shape index (κ2) is 9.74. The highest BCUT2D eigenvalue weighted by Gasteiger charge is 2.19. The molecule has 1 aliphatic rings. The van der Waals surface area contributed by atoms with E-state index in [2.05, 4.69) is 47.5 Å². The van der Waals surface area contributed by atoms with Gasteiger partial charge in [0.05, 0.1) is 0 Å². The first-order valence-corrected chi connectivity index (χ1v) is 10.4. The normalized spacial score (nSPS) is 15.4. The van der Waals surface area contributed by atoms with Crippen LogP contribution in [-0.4, -0.2) is 30.0 Å². The van der Waals surface area contributed by atoms with Crippen molar-refractivity contribution in [2.75, 3.05) is 13.1 Å². The first-order valence-electron chi connectivity index (χ1n) is 10.4. The molecule has 150 valence electrons. The molecule has 0 bridgehead atoms. The van der Waals surface area contributed by atoms with Gasteiger partial charge in [0.2, 0.25) is 0 Å². The first kappa shape index (κ1) is 20.4. The molecule has 0 radical (unpaired) electrons. The highest BCUT2D eigenvalue weighted by molar-refractivity contribution is 5.81. The number of hydrogen-bond donors (Lipinski definition) is 1. The third-order valence-corrected chi connectivity index (χ3v) is 5.33. The van der Waals surface area contributed by atoms with Crippen LogP contribution in [0.3, 0.4) is 0 Å². The minimum absolute atomic E-state index is 0.0626. The van der Waals surface area contributed by atoms with Crippen LogP contribution in [0.25, 0.3) is 0 Å². The maximum atomic E-state index is 12.6. The number of aryl methyl sites for hydroxylation is 2. The SMILES string of the molecule is CCC(Oc1ccc(C)cc1C)C(=O)NCc1cccc(CN2CCCC2)c1. The topological polar surface area (TPSA) is 41.6 Å². The zero-order valence-electron chi connectivity index (χ0n) is 17.3. The lowest BCUT2D eigenvalue weighted by Crippen LogP contribution is -2.37. The van der Waals surface area contributed by atoms with Crippen LogP contribution in [0.2, 0.25) is 0 Å². The summed E-state index contributed by atoms with van der Waals surface area (Å²) in [6.45, 7) is 9.94. The van der Waals surface area contributed by atoms with E-state index >= 15 is 0 Å². The molecule has 0 aromatic heterocycles. The van der Waals surface area contributed by atoms with E-state index in [0.717, 1.165) is 23.4 Å². The fourth-order valence-electron chi connectivity index (χ4n) is 3.75. The predicted molar refractivity (Wildman–Crippen MR) is 113 cm³/mol. The number of amides is 1. The Morgan fingerprint density at radius 3 is 2.57 bits per heavy atom. The fourth-order valence-corrected chi connectivity index (χ4v) is 3.75. The van der Waals surface area contributed by atoms with Crippen LogP contribution in [0, 0.1) is 13.8 Å². The summed E-state index contributed by atoms with van der Waals surface area (Å²) in [5.74, 6) is 0.715. The van der Waals surface area contributed by atoms with Crippen LogP contribution in [0.5, 0.6) is 5.75 Å². The first-order chi connectivity index (χ1) is 13.5. The van der Waals surface area contributed by atoms with Crippen molar-refractivity contribution in [1.82, 2.24) is 10.2 Å². The van der Waals surface area contributed by atoms with Gasteiger partial charge in [-0.25, -0.2) is 0 Å². The summed E-state index contributed by atoms with van der Waals surface area (Å²) in [5.41, 5.74) is 4.69. The third kappa shape index (κ3) is 5.59. The van der Waals surface area contributed by atoms with E-state index < -0.39 is 6.10 Å². The van der Waals surface area contributed by atoms with Gasteiger partial charge in [-0.3, -0.25) is 9.69 Å². The Hall–Kier alpha value is -2.33. The summed E-state index contributed by atoms with van der Waals surface area (Å²) in [7, 11) is 0. The van der Waals surface area contributed by atoms with E-state index in [1.807, 2.05) is 26.0 Å². The van der Waals surface area contributed by atoms with Gasteiger partial charge in [-0.05, 0) is 69.0 Å². The molecule has 1 unspecified atom stereocenters. The van der Waals surface area contributed by atoms with E-state index in [1.54, 1.807) is 0 Å². The average molecular weight is 381 g/mol. The average Bonchev–Trinajstić information content (AvgIpc) is 3.19. The molecule has 1 atom stereocenters. The smallest absolute Gasteiger partial charge is 0.261 e. The Balaban J connectivity index is 1.55. The van der Waals surface area contributed by atoms with Crippen LogP contribution in [0.4, 0.5) is 0 Å². The number of carbonyl (C=O) groups excluding carboxylic acids is 1. The quantitative estimate of drug-likeness (QED) is 0.739. The number of nitrogens with zero attached hydrogens (tertiary/aromatic N) is 1. The van der Waals surface area contributed by atoms with Crippen molar-refractivity contribution in [1.29, 1.82) is 0 Å². The van der Waals surface area contributed by atoms with Crippen molar-refractivity contribution in [2.45, 2.75) is 59.2 Å². The summed E-state index contributed by atoms with van der Waals surface area (Å²) >= 11 is 0. The van der Waals surface area contributed by atoms with Gasteiger partial charge in [0.1, 0.15) is 5.75 Å². The molecule has 4 nitrogen and oxygen atoms in total. The summed E-state index contributed by atoms with van der Waals surface area (Å²) in [6.07, 6.45) is 2.76. The van der Waals surface area contributed by atoms with E-state index in [4.69, 9.17) is 4.74 Å². The van der Waals surface area contributed by atoms with Gasteiger partial charge in [0, 0.05) is 13.1 Å². The number of rotatable bonds is 8. The van der Waals surface area contributed by atoms with E-state index in [9.17, 15) is 4.79 Å². The number of nitrogens with one attached hydrogen (secondary N) is 1. The molecule has 0 spiro atoms. The van der Waals surface area contributed by atoms with E-state index in [-0.39, 0.29) is 5.91 Å². The molecule has 1 N–H and O–H groups in total. The number of hydrogen-bond acceptors (Lipinski definition) is 3. The van der Waals surface area contributed by atoms with Gasteiger partial charge >= 0.3 is 0 Å².